The van der Waals surface area contributed by atoms with Gasteiger partial charge in [-0.3, -0.25) is 0 Å². The van der Waals surface area contributed by atoms with Crippen LogP contribution in [0.5, 0.6) is 6.01 Å². The number of nitrogens with zero attached hydrogens (tertiary/aromatic N) is 2. The van der Waals surface area contributed by atoms with E-state index in [1.165, 1.54) is 0 Å². The van der Waals surface area contributed by atoms with Crippen LogP contribution in [0.2, 0.25) is 0 Å². The van der Waals surface area contributed by atoms with Crippen molar-refractivity contribution >= 4 is 5.97 Å². The highest BCUT2D eigenvalue weighted by Gasteiger charge is 2.50. The molecule has 1 atom stereocenters. The molecule has 0 radical (unpaired) electrons. The van der Waals surface area contributed by atoms with Crippen LogP contribution in [0.25, 0.3) is 0 Å². The van der Waals surface area contributed by atoms with Gasteiger partial charge in [-0.05, 0) is 36.6 Å². The SMILES string of the molecule is COC(c1ccccc1)(c1ccccc1)[C@H](Oc1nc(C)cc(C)n1)C(=O)OCc1ccccc1. The van der Waals surface area contributed by atoms with Gasteiger partial charge in [0.05, 0.1) is 0 Å². The van der Waals surface area contributed by atoms with Crippen molar-refractivity contribution in [2.24, 2.45) is 0 Å². The standard InChI is InChI=1S/C29H28N2O4/c1-21-19-22(2)31-28(30-21)35-26(27(32)34-20-23-13-7-4-8-14-23)29(33-3,24-15-9-5-10-16-24)25-17-11-6-12-18-25/h4-19,26H,20H2,1-3H3/t26-/m1/s1. The fraction of sp³-hybridized carbons (Fsp3) is 0.207. The second kappa shape index (κ2) is 10.9. The van der Waals surface area contributed by atoms with Gasteiger partial charge in [0, 0.05) is 18.5 Å². The summed E-state index contributed by atoms with van der Waals surface area (Å²) < 4.78 is 18.2. The molecule has 6 heteroatoms. The van der Waals surface area contributed by atoms with Crippen LogP contribution in [0.3, 0.4) is 0 Å². The van der Waals surface area contributed by atoms with Gasteiger partial charge in [-0.25, -0.2) is 14.8 Å². The molecular weight excluding hydrogens is 440 g/mol. The van der Waals surface area contributed by atoms with Crippen LogP contribution >= 0.6 is 0 Å². The Kier molecular flexibility index (Phi) is 7.53. The zero-order valence-electron chi connectivity index (χ0n) is 20.0. The van der Waals surface area contributed by atoms with E-state index in [0.717, 1.165) is 28.1 Å². The van der Waals surface area contributed by atoms with E-state index in [0.29, 0.717) is 0 Å². The first-order valence-electron chi connectivity index (χ1n) is 11.4. The highest BCUT2D eigenvalue weighted by molar-refractivity contribution is 5.78. The van der Waals surface area contributed by atoms with Crippen molar-refractivity contribution in [2.75, 3.05) is 7.11 Å². The van der Waals surface area contributed by atoms with E-state index in [-0.39, 0.29) is 12.6 Å². The quantitative estimate of drug-likeness (QED) is 0.316. The van der Waals surface area contributed by atoms with Gasteiger partial charge in [-0.15, -0.1) is 0 Å². The second-order valence-corrected chi connectivity index (χ2v) is 8.20. The van der Waals surface area contributed by atoms with Gasteiger partial charge >= 0.3 is 12.0 Å². The largest absolute Gasteiger partial charge is 0.458 e. The molecule has 0 unspecified atom stereocenters. The van der Waals surface area contributed by atoms with Crippen molar-refractivity contribution in [3.05, 3.63) is 125 Å². The number of aryl methyl sites for hydroxylation is 2. The van der Waals surface area contributed by atoms with Gasteiger partial charge in [0.1, 0.15) is 6.61 Å². The molecule has 4 aromatic rings. The molecule has 3 aromatic carbocycles. The first-order valence-corrected chi connectivity index (χ1v) is 11.4. The van der Waals surface area contributed by atoms with Crippen LogP contribution < -0.4 is 4.74 Å². The van der Waals surface area contributed by atoms with Gasteiger partial charge in [0.15, 0.2) is 5.60 Å². The number of carbonyl (C=O) groups is 1. The second-order valence-electron chi connectivity index (χ2n) is 8.20. The molecule has 0 aliphatic rings. The first kappa shape index (κ1) is 24.1. The lowest BCUT2D eigenvalue weighted by molar-refractivity contribution is -0.168. The molecule has 1 heterocycles. The minimum absolute atomic E-state index is 0.0810. The van der Waals surface area contributed by atoms with Gasteiger partial charge in [0.25, 0.3) is 0 Å². The Morgan fingerprint density at radius 3 is 1.77 bits per heavy atom. The van der Waals surface area contributed by atoms with Crippen LogP contribution in [0.15, 0.2) is 97.1 Å². The Hall–Kier alpha value is -4.03. The number of ether oxygens (including phenoxy) is 3. The Bertz CT molecular complexity index is 1190. The minimum atomic E-state index is -1.32. The van der Waals surface area contributed by atoms with E-state index in [9.17, 15) is 4.79 Å². The molecule has 35 heavy (non-hydrogen) atoms. The lowest BCUT2D eigenvalue weighted by Gasteiger charge is -2.38. The number of methoxy groups -OCH3 is 1. The molecule has 4 rings (SSSR count). The van der Waals surface area contributed by atoms with Crippen molar-refractivity contribution < 1.29 is 19.0 Å². The summed E-state index contributed by atoms with van der Waals surface area (Å²) in [6.45, 7) is 3.79. The number of hydrogen-bond acceptors (Lipinski definition) is 6. The number of aromatic nitrogens is 2. The predicted molar refractivity (Wildman–Crippen MR) is 133 cm³/mol. The van der Waals surface area contributed by atoms with E-state index in [1.54, 1.807) is 7.11 Å². The van der Waals surface area contributed by atoms with Gasteiger partial charge < -0.3 is 14.2 Å². The summed E-state index contributed by atoms with van der Waals surface area (Å²) >= 11 is 0. The fourth-order valence-electron chi connectivity index (χ4n) is 4.14. The summed E-state index contributed by atoms with van der Waals surface area (Å²) in [5.74, 6) is -0.592. The molecule has 0 saturated heterocycles. The average Bonchev–Trinajstić information content (AvgIpc) is 2.89. The normalized spacial score (nSPS) is 12.1. The molecule has 0 saturated carbocycles. The summed E-state index contributed by atoms with van der Waals surface area (Å²) in [7, 11) is 1.56. The Morgan fingerprint density at radius 1 is 0.800 bits per heavy atom. The van der Waals surface area contributed by atoms with Crippen LogP contribution in [-0.2, 0) is 26.5 Å². The summed E-state index contributed by atoms with van der Waals surface area (Å²) in [6, 6.07) is 30.4. The molecule has 6 nitrogen and oxygen atoms in total. The summed E-state index contributed by atoms with van der Waals surface area (Å²) in [5, 5.41) is 0. The van der Waals surface area contributed by atoms with Crippen molar-refractivity contribution in [1.82, 2.24) is 9.97 Å². The number of benzene rings is 3. The molecular formula is C29H28N2O4. The molecule has 178 valence electrons. The average molecular weight is 469 g/mol. The third-order valence-electron chi connectivity index (χ3n) is 5.72. The van der Waals surface area contributed by atoms with E-state index >= 15 is 0 Å². The predicted octanol–water partition coefficient (Wildman–Crippen LogP) is 5.17. The zero-order valence-corrected chi connectivity index (χ0v) is 20.0. The highest BCUT2D eigenvalue weighted by Crippen LogP contribution is 2.39. The summed E-state index contributed by atoms with van der Waals surface area (Å²) in [4.78, 5) is 22.6. The third-order valence-corrected chi connectivity index (χ3v) is 5.72. The zero-order chi connectivity index (χ0) is 24.7. The lowest BCUT2D eigenvalue weighted by atomic mass is 9.81. The van der Waals surface area contributed by atoms with Crippen molar-refractivity contribution in [2.45, 2.75) is 32.2 Å². The minimum Gasteiger partial charge on any atom is -0.458 e. The van der Waals surface area contributed by atoms with E-state index < -0.39 is 17.7 Å². The van der Waals surface area contributed by atoms with Crippen LogP contribution in [0.4, 0.5) is 0 Å². The summed E-state index contributed by atoms with van der Waals surface area (Å²) in [5.41, 5.74) is 2.47. The molecule has 0 bridgehead atoms. The molecule has 0 aliphatic heterocycles. The molecule has 1 aromatic heterocycles. The van der Waals surface area contributed by atoms with E-state index in [2.05, 4.69) is 9.97 Å². The Balaban J connectivity index is 1.83. The van der Waals surface area contributed by atoms with Crippen LogP contribution in [-0.4, -0.2) is 29.2 Å². The van der Waals surface area contributed by atoms with Crippen molar-refractivity contribution in [3.8, 4) is 6.01 Å². The fourth-order valence-corrected chi connectivity index (χ4v) is 4.14. The van der Waals surface area contributed by atoms with Gasteiger partial charge in [0.2, 0.25) is 6.10 Å². The Labute approximate surface area is 205 Å². The van der Waals surface area contributed by atoms with Crippen LogP contribution in [0.1, 0.15) is 28.1 Å². The molecule has 0 fully saturated rings. The number of esters is 1. The maximum absolute atomic E-state index is 13.8. The van der Waals surface area contributed by atoms with E-state index in [4.69, 9.17) is 14.2 Å². The first-order chi connectivity index (χ1) is 17.0. The lowest BCUT2D eigenvalue weighted by Crippen LogP contribution is -2.51. The maximum Gasteiger partial charge on any atom is 0.351 e. The highest BCUT2D eigenvalue weighted by atomic mass is 16.6. The van der Waals surface area contributed by atoms with E-state index in [1.807, 2.05) is 111 Å². The summed E-state index contributed by atoms with van der Waals surface area (Å²) in [6.07, 6.45) is -1.23. The number of rotatable bonds is 9. The van der Waals surface area contributed by atoms with Gasteiger partial charge in [-0.1, -0.05) is 91.0 Å². The smallest absolute Gasteiger partial charge is 0.351 e. The molecule has 0 amide bonds. The Morgan fingerprint density at radius 2 is 1.29 bits per heavy atom. The maximum atomic E-state index is 13.8. The molecule has 0 spiro atoms. The van der Waals surface area contributed by atoms with Gasteiger partial charge in [-0.2, -0.15) is 0 Å². The van der Waals surface area contributed by atoms with Crippen molar-refractivity contribution in [3.63, 3.8) is 0 Å². The van der Waals surface area contributed by atoms with Crippen molar-refractivity contribution in [1.29, 1.82) is 0 Å². The topological polar surface area (TPSA) is 70.5 Å². The molecule has 0 aliphatic carbocycles. The van der Waals surface area contributed by atoms with Crippen LogP contribution in [0, 0.1) is 13.8 Å². The monoisotopic (exact) mass is 468 g/mol. The number of hydrogen-bond donors (Lipinski definition) is 0. The number of carbonyl (C=O) groups excluding carboxylic acids is 1. The third kappa shape index (κ3) is 5.39. The molecule has 0 N–H and O–H groups in total.